The van der Waals surface area contributed by atoms with E-state index in [0.717, 1.165) is 17.0 Å². The van der Waals surface area contributed by atoms with Gasteiger partial charge in [-0.2, -0.15) is 5.10 Å². The molecule has 0 unspecified atom stereocenters. The van der Waals surface area contributed by atoms with E-state index in [2.05, 4.69) is 47.4 Å². The zero-order valence-corrected chi connectivity index (χ0v) is 15.8. The molecule has 0 aliphatic rings. The Morgan fingerprint density at radius 3 is 2.54 bits per heavy atom. The van der Waals surface area contributed by atoms with E-state index in [1.165, 1.54) is 22.3 Å². The molecule has 1 N–H and O–H groups in total. The number of benzene rings is 2. The molecule has 2 aromatic carbocycles. The Kier molecular flexibility index (Phi) is 6.07. The SMILES string of the molecule is Cc1ccc(Sc2ccc(NC(=O)CCCn3cncn3)cc2)cc1C. The number of hydrogen-bond acceptors (Lipinski definition) is 4. The molecule has 1 heterocycles. The van der Waals surface area contributed by atoms with E-state index in [0.29, 0.717) is 13.0 Å². The molecule has 0 spiro atoms. The Balaban J connectivity index is 1.49. The molecule has 0 aliphatic carbocycles. The van der Waals surface area contributed by atoms with Crippen LogP contribution in [-0.4, -0.2) is 20.7 Å². The van der Waals surface area contributed by atoms with Crippen LogP contribution in [-0.2, 0) is 11.3 Å². The number of anilines is 1. The van der Waals surface area contributed by atoms with Crippen molar-refractivity contribution in [2.24, 2.45) is 0 Å². The molecule has 1 amide bonds. The number of aromatic nitrogens is 3. The van der Waals surface area contributed by atoms with Crippen LogP contribution in [0.15, 0.2) is 64.9 Å². The first-order chi connectivity index (χ1) is 12.6. The van der Waals surface area contributed by atoms with E-state index < -0.39 is 0 Å². The minimum atomic E-state index is 0.0136. The van der Waals surface area contributed by atoms with E-state index in [4.69, 9.17) is 0 Å². The maximum absolute atomic E-state index is 12.0. The Bertz CT molecular complexity index is 860. The molecule has 3 aromatic rings. The first-order valence-corrected chi connectivity index (χ1v) is 9.39. The average Bonchev–Trinajstić information content (AvgIpc) is 3.13. The van der Waals surface area contributed by atoms with Gasteiger partial charge in [0, 0.05) is 28.4 Å². The van der Waals surface area contributed by atoms with Gasteiger partial charge in [-0.1, -0.05) is 17.8 Å². The van der Waals surface area contributed by atoms with Gasteiger partial charge in [0.05, 0.1) is 0 Å². The number of carbonyl (C=O) groups is 1. The van der Waals surface area contributed by atoms with Crippen molar-refractivity contribution in [3.63, 3.8) is 0 Å². The van der Waals surface area contributed by atoms with Crippen LogP contribution in [0.1, 0.15) is 24.0 Å². The van der Waals surface area contributed by atoms with Crippen LogP contribution in [0.5, 0.6) is 0 Å². The molecule has 3 rings (SSSR count). The number of nitrogens with one attached hydrogen (secondary N) is 1. The summed E-state index contributed by atoms with van der Waals surface area (Å²) < 4.78 is 1.73. The average molecular weight is 366 g/mol. The molecule has 134 valence electrons. The van der Waals surface area contributed by atoms with Gasteiger partial charge < -0.3 is 5.32 Å². The summed E-state index contributed by atoms with van der Waals surface area (Å²) in [5.41, 5.74) is 3.42. The standard InChI is InChI=1S/C20H22N4OS/c1-15-5-8-19(12-16(15)2)26-18-9-6-17(7-10-18)23-20(25)4-3-11-24-14-21-13-22-24/h5-10,12-14H,3-4,11H2,1-2H3,(H,23,25). The van der Waals surface area contributed by atoms with Gasteiger partial charge in [-0.05, 0) is 67.8 Å². The van der Waals surface area contributed by atoms with Gasteiger partial charge in [0.25, 0.3) is 0 Å². The lowest BCUT2D eigenvalue weighted by molar-refractivity contribution is -0.116. The number of carbonyl (C=O) groups excluding carboxylic acids is 1. The maximum Gasteiger partial charge on any atom is 0.224 e. The number of rotatable bonds is 7. The number of aryl methyl sites for hydroxylation is 3. The van der Waals surface area contributed by atoms with Gasteiger partial charge in [-0.15, -0.1) is 0 Å². The van der Waals surface area contributed by atoms with Crippen LogP contribution in [0, 0.1) is 13.8 Å². The molecule has 5 nitrogen and oxygen atoms in total. The van der Waals surface area contributed by atoms with Gasteiger partial charge in [-0.25, -0.2) is 4.98 Å². The van der Waals surface area contributed by atoms with Gasteiger partial charge in [0.1, 0.15) is 12.7 Å². The Labute approximate surface area is 157 Å². The Morgan fingerprint density at radius 2 is 1.85 bits per heavy atom. The largest absolute Gasteiger partial charge is 0.326 e. The van der Waals surface area contributed by atoms with Crippen molar-refractivity contribution >= 4 is 23.4 Å². The third-order valence-electron chi connectivity index (χ3n) is 4.11. The van der Waals surface area contributed by atoms with Crippen molar-refractivity contribution in [3.8, 4) is 0 Å². The van der Waals surface area contributed by atoms with Crippen LogP contribution in [0.4, 0.5) is 5.69 Å². The first-order valence-electron chi connectivity index (χ1n) is 8.57. The van der Waals surface area contributed by atoms with E-state index in [1.54, 1.807) is 22.8 Å². The molecule has 0 saturated heterocycles. The second-order valence-corrected chi connectivity index (χ2v) is 7.33. The molecule has 1 aromatic heterocycles. The summed E-state index contributed by atoms with van der Waals surface area (Å²) in [6, 6.07) is 14.4. The molecule has 0 atom stereocenters. The zero-order valence-electron chi connectivity index (χ0n) is 15.0. The van der Waals surface area contributed by atoms with Crippen molar-refractivity contribution in [3.05, 3.63) is 66.2 Å². The lowest BCUT2D eigenvalue weighted by Gasteiger charge is -2.08. The van der Waals surface area contributed by atoms with Crippen LogP contribution < -0.4 is 5.32 Å². The summed E-state index contributed by atoms with van der Waals surface area (Å²) in [6.45, 7) is 4.94. The van der Waals surface area contributed by atoms with Crippen LogP contribution >= 0.6 is 11.8 Å². The second-order valence-electron chi connectivity index (χ2n) is 6.18. The fourth-order valence-corrected chi connectivity index (χ4v) is 3.41. The van der Waals surface area contributed by atoms with Crippen LogP contribution in [0.25, 0.3) is 0 Å². The molecule has 0 radical (unpaired) electrons. The lowest BCUT2D eigenvalue weighted by Crippen LogP contribution is -2.12. The quantitative estimate of drug-likeness (QED) is 0.670. The topological polar surface area (TPSA) is 59.8 Å². The molecule has 0 fully saturated rings. The number of nitrogens with zero attached hydrogens (tertiary/aromatic N) is 3. The molecular weight excluding hydrogens is 344 g/mol. The summed E-state index contributed by atoms with van der Waals surface area (Å²) in [4.78, 5) is 18.3. The third-order valence-corrected chi connectivity index (χ3v) is 5.11. The highest BCUT2D eigenvalue weighted by atomic mass is 32.2. The zero-order chi connectivity index (χ0) is 18.4. The summed E-state index contributed by atoms with van der Waals surface area (Å²) in [7, 11) is 0. The van der Waals surface area contributed by atoms with Gasteiger partial charge in [0.15, 0.2) is 0 Å². The van der Waals surface area contributed by atoms with E-state index in [1.807, 2.05) is 24.3 Å². The normalized spacial score (nSPS) is 10.7. The van der Waals surface area contributed by atoms with Crippen LogP contribution in [0.3, 0.4) is 0 Å². The molecule has 0 saturated carbocycles. The minimum Gasteiger partial charge on any atom is -0.326 e. The molecule has 0 aliphatic heterocycles. The van der Waals surface area contributed by atoms with E-state index >= 15 is 0 Å². The highest BCUT2D eigenvalue weighted by Crippen LogP contribution is 2.29. The first kappa shape index (κ1) is 18.2. The summed E-state index contributed by atoms with van der Waals surface area (Å²) in [5, 5.41) is 6.96. The predicted octanol–water partition coefficient (Wildman–Crippen LogP) is 4.47. The smallest absolute Gasteiger partial charge is 0.224 e. The Morgan fingerprint density at radius 1 is 1.08 bits per heavy atom. The molecule has 26 heavy (non-hydrogen) atoms. The van der Waals surface area contributed by atoms with Crippen LogP contribution in [0.2, 0.25) is 0 Å². The van der Waals surface area contributed by atoms with Gasteiger partial charge >= 0.3 is 0 Å². The van der Waals surface area contributed by atoms with E-state index in [9.17, 15) is 4.79 Å². The van der Waals surface area contributed by atoms with Crippen molar-refractivity contribution in [2.75, 3.05) is 5.32 Å². The molecular formula is C20H22N4OS. The monoisotopic (exact) mass is 366 g/mol. The lowest BCUT2D eigenvalue weighted by atomic mass is 10.1. The molecule has 0 bridgehead atoms. The van der Waals surface area contributed by atoms with Gasteiger partial charge in [-0.3, -0.25) is 9.48 Å². The second kappa shape index (κ2) is 8.67. The van der Waals surface area contributed by atoms with Gasteiger partial charge in [0.2, 0.25) is 5.91 Å². The fourth-order valence-electron chi connectivity index (χ4n) is 2.49. The van der Waals surface area contributed by atoms with Crippen molar-refractivity contribution in [1.82, 2.24) is 14.8 Å². The minimum absolute atomic E-state index is 0.0136. The summed E-state index contributed by atoms with van der Waals surface area (Å²) >= 11 is 1.72. The van der Waals surface area contributed by atoms with Crippen molar-refractivity contribution < 1.29 is 4.79 Å². The van der Waals surface area contributed by atoms with E-state index in [-0.39, 0.29) is 5.91 Å². The molecule has 6 heteroatoms. The number of hydrogen-bond donors (Lipinski definition) is 1. The van der Waals surface area contributed by atoms with Crippen molar-refractivity contribution in [1.29, 1.82) is 0 Å². The highest BCUT2D eigenvalue weighted by molar-refractivity contribution is 7.99. The maximum atomic E-state index is 12.0. The summed E-state index contributed by atoms with van der Waals surface area (Å²) in [5.74, 6) is 0.0136. The number of amides is 1. The highest BCUT2D eigenvalue weighted by Gasteiger charge is 2.04. The summed E-state index contributed by atoms with van der Waals surface area (Å²) in [6.07, 6.45) is 4.34. The van der Waals surface area contributed by atoms with Crippen molar-refractivity contribution in [2.45, 2.75) is 43.0 Å². The Hall–Kier alpha value is -2.60. The fraction of sp³-hybridized carbons (Fsp3) is 0.250. The predicted molar refractivity (Wildman–Crippen MR) is 104 cm³/mol. The third kappa shape index (κ3) is 5.20.